The molecule has 0 spiro atoms. The van der Waals surface area contributed by atoms with Crippen molar-refractivity contribution in [2.24, 2.45) is 11.7 Å². The van der Waals surface area contributed by atoms with Gasteiger partial charge in [-0.05, 0) is 49.7 Å². The van der Waals surface area contributed by atoms with E-state index in [-0.39, 0.29) is 12.6 Å². The number of nitrogens with two attached hydrogens (primary N) is 1. The van der Waals surface area contributed by atoms with E-state index in [4.69, 9.17) is 22.9 Å². The van der Waals surface area contributed by atoms with Crippen molar-refractivity contribution >= 4 is 23.0 Å². The van der Waals surface area contributed by atoms with Gasteiger partial charge in [0, 0.05) is 12.2 Å². The van der Waals surface area contributed by atoms with Crippen LogP contribution in [-0.2, 0) is 12.8 Å². The second-order valence-corrected chi connectivity index (χ2v) is 6.69. The van der Waals surface area contributed by atoms with E-state index in [9.17, 15) is 5.11 Å². The minimum Gasteiger partial charge on any atom is -0.394 e. The maximum Gasteiger partial charge on any atom is 0.139 e. The van der Waals surface area contributed by atoms with Crippen molar-refractivity contribution in [3.63, 3.8) is 0 Å². The van der Waals surface area contributed by atoms with Gasteiger partial charge in [0.2, 0.25) is 0 Å². The molecule has 1 fully saturated rings. The van der Waals surface area contributed by atoms with Gasteiger partial charge in [-0.1, -0.05) is 19.1 Å². The van der Waals surface area contributed by atoms with Crippen molar-refractivity contribution in [3.8, 4) is 0 Å². The predicted octanol–water partition coefficient (Wildman–Crippen LogP) is 1.80. The van der Waals surface area contributed by atoms with Crippen molar-refractivity contribution in [3.05, 3.63) is 22.9 Å². The summed E-state index contributed by atoms with van der Waals surface area (Å²) >= 11 is 5.24. The maximum atomic E-state index is 9.70. The van der Waals surface area contributed by atoms with Crippen molar-refractivity contribution in [1.82, 2.24) is 4.98 Å². The highest BCUT2D eigenvalue weighted by atomic mass is 32.1. The van der Waals surface area contributed by atoms with Crippen LogP contribution in [0.5, 0.6) is 0 Å². The lowest BCUT2D eigenvalue weighted by atomic mass is 9.94. The summed E-state index contributed by atoms with van der Waals surface area (Å²) in [7, 11) is 0. The van der Waals surface area contributed by atoms with E-state index >= 15 is 0 Å². The Morgan fingerprint density at radius 3 is 2.95 bits per heavy atom. The molecule has 0 saturated carbocycles. The first-order chi connectivity index (χ1) is 10.1. The van der Waals surface area contributed by atoms with E-state index in [0.717, 1.165) is 37.2 Å². The molecule has 0 aromatic carbocycles. The van der Waals surface area contributed by atoms with Gasteiger partial charge in [-0.25, -0.2) is 4.98 Å². The first-order valence-corrected chi connectivity index (χ1v) is 8.22. The average Bonchev–Trinajstić information content (AvgIpc) is 2.86. The third-order valence-electron chi connectivity index (χ3n) is 4.89. The summed E-state index contributed by atoms with van der Waals surface area (Å²) in [5.41, 5.74) is 9.29. The molecular weight excluding hydrogens is 282 g/mol. The number of aliphatic hydroxyl groups excluding tert-OH is 1. The van der Waals surface area contributed by atoms with E-state index < -0.39 is 0 Å². The third-order valence-corrected chi connectivity index (χ3v) is 5.11. The fraction of sp³-hybridized carbons (Fsp3) is 0.625. The van der Waals surface area contributed by atoms with Crippen LogP contribution in [0.3, 0.4) is 0 Å². The van der Waals surface area contributed by atoms with Gasteiger partial charge >= 0.3 is 0 Å². The number of pyridine rings is 1. The molecule has 1 aromatic heterocycles. The van der Waals surface area contributed by atoms with Crippen molar-refractivity contribution in [1.29, 1.82) is 0 Å². The molecule has 1 aliphatic heterocycles. The Hall–Kier alpha value is -1.20. The van der Waals surface area contributed by atoms with E-state index in [0.29, 0.717) is 10.9 Å². The number of aromatic nitrogens is 1. The fourth-order valence-corrected chi connectivity index (χ4v) is 3.72. The van der Waals surface area contributed by atoms with Gasteiger partial charge < -0.3 is 15.7 Å². The average molecular weight is 305 g/mol. The van der Waals surface area contributed by atoms with E-state index in [1.807, 2.05) is 0 Å². The number of anilines is 1. The molecule has 0 radical (unpaired) electrons. The summed E-state index contributed by atoms with van der Waals surface area (Å²) in [4.78, 5) is 7.50. The zero-order valence-electron chi connectivity index (χ0n) is 12.5. The lowest BCUT2D eigenvalue weighted by molar-refractivity contribution is 0.244. The Morgan fingerprint density at radius 1 is 1.48 bits per heavy atom. The Balaban J connectivity index is 2.06. The quantitative estimate of drug-likeness (QED) is 0.834. The summed E-state index contributed by atoms with van der Waals surface area (Å²) in [6, 6.07) is 2.25. The number of aliphatic hydroxyl groups is 1. The SMILES string of the molecule is CC1CCN(c2nc3c(cc2C(N)=S)CCCC3)C1CO. The fourth-order valence-electron chi connectivity index (χ4n) is 3.57. The molecule has 3 rings (SSSR count). The standard InChI is InChI=1S/C16H23N3OS/c1-10-6-7-19(14(10)9-20)16-12(15(17)21)8-11-4-2-3-5-13(11)18-16/h8,10,14,20H,2-7,9H2,1H3,(H2,17,21). The highest BCUT2D eigenvalue weighted by Gasteiger charge is 2.33. The molecule has 2 heterocycles. The van der Waals surface area contributed by atoms with Gasteiger partial charge in [0.05, 0.1) is 18.2 Å². The van der Waals surface area contributed by atoms with Gasteiger partial charge in [0.25, 0.3) is 0 Å². The molecular formula is C16H23N3OS. The molecule has 1 aliphatic carbocycles. The third kappa shape index (κ3) is 2.64. The van der Waals surface area contributed by atoms with Crippen LogP contribution in [-0.4, -0.2) is 34.3 Å². The second-order valence-electron chi connectivity index (χ2n) is 6.25. The van der Waals surface area contributed by atoms with Crippen LogP contribution in [0.15, 0.2) is 6.07 Å². The summed E-state index contributed by atoms with van der Waals surface area (Å²) in [5, 5.41) is 9.70. The van der Waals surface area contributed by atoms with E-state index in [2.05, 4.69) is 17.9 Å². The van der Waals surface area contributed by atoms with E-state index in [1.54, 1.807) is 0 Å². The van der Waals surface area contributed by atoms with Crippen LogP contribution in [0, 0.1) is 5.92 Å². The molecule has 21 heavy (non-hydrogen) atoms. The van der Waals surface area contributed by atoms with Gasteiger partial charge in [-0.15, -0.1) is 0 Å². The molecule has 4 nitrogen and oxygen atoms in total. The first-order valence-electron chi connectivity index (χ1n) is 7.82. The largest absolute Gasteiger partial charge is 0.394 e. The number of nitrogens with zero attached hydrogens (tertiary/aromatic N) is 2. The number of aryl methyl sites for hydroxylation is 2. The zero-order chi connectivity index (χ0) is 15.0. The molecule has 2 atom stereocenters. The molecule has 114 valence electrons. The lowest BCUT2D eigenvalue weighted by Gasteiger charge is -2.29. The summed E-state index contributed by atoms with van der Waals surface area (Å²) in [6.45, 7) is 3.24. The summed E-state index contributed by atoms with van der Waals surface area (Å²) < 4.78 is 0. The minimum absolute atomic E-state index is 0.118. The van der Waals surface area contributed by atoms with Crippen LogP contribution in [0.25, 0.3) is 0 Å². The second kappa shape index (κ2) is 5.89. The molecule has 3 N–H and O–H groups in total. The smallest absolute Gasteiger partial charge is 0.139 e. The van der Waals surface area contributed by atoms with Crippen molar-refractivity contribution in [2.45, 2.75) is 45.1 Å². The van der Waals surface area contributed by atoms with Crippen LogP contribution in [0.1, 0.15) is 43.0 Å². The molecule has 5 heteroatoms. The number of thiocarbonyl (C=S) groups is 1. The highest BCUT2D eigenvalue weighted by Crippen LogP contribution is 2.33. The van der Waals surface area contributed by atoms with Gasteiger partial charge in [0.1, 0.15) is 10.8 Å². The monoisotopic (exact) mass is 305 g/mol. The Labute approximate surface area is 131 Å². The van der Waals surface area contributed by atoms with Crippen LogP contribution in [0.2, 0.25) is 0 Å². The normalized spacial score (nSPS) is 25.0. The van der Waals surface area contributed by atoms with Crippen LogP contribution >= 0.6 is 12.2 Å². The van der Waals surface area contributed by atoms with Gasteiger partial charge in [-0.2, -0.15) is 0 Å². The lowest BCUT2D eigenvalue weighted by Crippen LogP contribution is -2.37. The Kier molecular flexibility index (Phi) is 4.13. The Morgan fingerprint density at radius 2 is 2.24 bits per heavy atom. The van der Waals surface area contributed by atoms with Gasteiger partial charge in [-0.3, -0.25) is 0 Å². The zero-order valence-corrected chi connectivity index (χ0v) is 13.3. The van der Waals surface area contributed by atoms with Crippen molar-refractivity contribution < 1.29 is 5.11 Å². The topological polar surface area (TPSA) is 62.4 Å². The Bertz CT molecular complexity index is 561. The molecule has 0 bridgehead atoms. The number of hydrogen-bond acceptors (Lipinski definition) is 4. The summed E-state index contributed by atoms with van der Waals surface area (Å²) in [5.74, 6) is 1.35. The number of rotatable bonds is 3. The molecule has 2 unspecified atom stereocenters. The maximum absolute atomic E-state index is 9.70. The van der Waals surface area contributed by atoms with Gasteiger partial charge in [0.15, 0.2) is 0 Å². The molecule has 0 amide bonds. The summed E-state index contributed by atoms with van der Waals surface area (Å²) in [6.07, 6.45) is 5.59. The van der Waals surface area contributed by atoms with E-state index in [1.165, 1.54) is 24.1 Å². The van der Waals surface area contributed by atoms with Crippen LogP contribution < -0.4 is 10.6 Å². The molecule has 1 aromatic rings. The van der Waals surface area contributed by atoms with Crippen molar-refractivity contribution in [2.75, 3.05) is 18.1 Å². The molecule has 2 aliphatic rings. The number of hydrogen-bond donors (Lipinski definition) is 2. The predicted molar refractivity (Wildman–Crippen MR) is 88.8 cm³/mol. The molecule has 1 saturated heterocycles. The first kappa shape index (κ1) is 14.7. The number of fused-ring (bicyclic) bond motifs is 1. The minimum atomic E-state index is 0.118. The highest BCUT2D eigenvalue weighted by molar-refractivity contribution is 7.80. The van der Waals surface area contributed by atoms with Crippen LogP contribution in [0.4, 0.5) is 5.82 Å².